The van der Waals surface area contributed by atoms with Crippen molar-refractivity contribution in [2.75, 3.05) is 0 Å². The minimum absolute atomic E-state index is 0.837. The molecule has 1 aromatic heterocycles. The molecule has 1 nitrogen and oxygen atoms in total. The van der Waals surface area contributed by atoms with E-state index in [1.165, 1.54) is 0 Å². The van der Waals surface area contributed by atoms with E-state index in [1.807, 2.05) is 26.0 Å². The second-order valence-electron chi connectivity index (χ2n) is 2.96. The van der Waals surface area contributed by atoms with Gasteiger partial charge < -0.3 is 4.42 Å². The van der Waals surface area contributed by atoms with Gasteiger partial charge in [0.05, 0.1) is 6.26 Å². The van der Waals surface area contributed by atoms with Crippen LogP contribution < -0.4 is 0 Å². The van der Waals surface area contributed by atoms with Crippen LogP contribution in [0.5, 0.6) is 0 Å². The molecule has 0 bridgehead atoms. The number of furan rings is 1. The first-order valence-electron chi connectivity index (χ1n) is 3.83. The van der Waals surface area contributed by atoms with E-state index in [2.05, 4.69) is 0 Å². The first-order valence-corrected chi connectivity index (χ1v) is 4.21. The molecule has 0 unspecified atom stereocenters. The van der Waals surface area contributed by atoms with Crippen LogP contribution >= 0.6 is 11.6 Å². The minimum Gasteiger partial charge on any atom is -0.464 e. The summed E-state index contributed by atoms with van der Waals surface area (Å²) in [5.41, 5.74) is 3.08. The number of halogens is 1. The topological polar surface area (TPSA) is 13.1 Å². The van der Waals surface area contributed by atoms with Crippen molar-refractivity contribution in [3.63, 3.8) is 0 Å². The molecule has 0 spiro atoms. The van der Waals surface area contributed by atoms with Crippen molar-refractivity contribution in [1.82, 2.24) is 0 Å². The van der Waals surface area contributed by atoms with E-state index in [1.54, 1.807) is 6.26 Å². The van der Waals surface area contributed by atoms with Crippen molar-refractivity contribution < 1.29 is 4.42 Å². The molecule has 0 aliphatic heterocycles. The molecule has 2 heteroatoms. The second kappa shape index (κ2) is 2.53. The predicted molar refractivity (Wildman–Crippen MR) is 50.7 cm³/mol. The van der Waals surface area contributed by atoms with Gasteiger partial charge in [0.2, 0.25) is 0 Å². The summed E-state index contributed by atoms with van der Waals surface area (Å²) in [6.45, 7) is 3.99. The SMILES string of the molecule is Cc1cc2occc2c(C)c1Cl. The molecular weight excluding hydrogens is 172 g/mol. The molecule has 12 heavy (non-hydrogen) atoms. The number of benzene rings is 1. The number of rotatable bonds is 0. The molecule has 0 saturated carbocycles. The molecular formula is C10H9ClO. The van der Waals surface area contributed by atoms with Crippen molar-refractivity contribution in [3.05, 3.63) is 34.5 Å². The lowest BCUT2D eigenvalue weighted by atomic mass is 10.1. The van der Waals surface area contributed by atoms with Crippen LogP contribution in [-0.4, -0.2) is 0 Å². The molecule has 0 radical (unpaired) electrons. The number of aryl methyl sites for hydroxylation is 2. The average molecular weight is 181 g/mol. The van der Waals surface area contributed by atoms with Crippen LogP contribution in [0.1, 0.15) is 11.1 Å². The number of fused-ring (bicyclic) bond motifs is 1. The maximum Gasteiger partial charge on any atom is 0.134 e. The van der Waals surface area contributed by atoms with Crippen LogP contribution in [-0.2, 0) is 0 Å². The highest BCUT2D eigenvalue weighted by atomic mass is 35.5. The minimum atomic E-state index is 0.837. The third-order valence-corrected chi connectivity index (χ3v) is 2.70. The Bertz CT molecular complexity index is 429. The Labute approximate surface area is 75.9 Å². The van der Waals surface area contributed by atoms with E-state index in [4.69, 9.17) is 16.0 Å². The number of hydrogen-bond acceptors (Lipinski definition) is 1. The maximum atomic E-state index is 6.07. The van der Waals surface area contributed by atoms with Crippen molar-refractivity contribution in [1.29, 1.82) is 0 Å². The lowest BCUT2D eigenvalue weighted by molar-refractivity contribution is 0.615. The van der Waals surface area contributed by atoms with Crippen molar-refractivity contribution in [2.45, 2.75) is 13.8 Å². The predicted octanol–water partition coefficient (Wildman–Crippen LogP) is 3.70. The Morgan fingerprint density at radius 1 is 1.33 bits per heavy atom. The molecule has 2 rings (SSSR count). The molecule has 0 aliphatic rings. The molecule has 0 amide bonds. The van der Waals surface area contributed by atoms with Crippen LogP contribution in [0.4, 0.5) is 0 Å². The maximum absolute atomic E-state index is 6.07. The first kappa shape index (κ1) is 7.69. The average Bonchev–Trinajstić information content (AvgIpc) is 2.48. The van der Waals surface area contributed by atoms with Gasteiger partial charge in [-0.3, -0.25) is 0 Å². The molecule has 0 fully saturated rings. The summed E-state index contributed by atoms with van der Waals surface area (Å²) in [6, 6.07) is 3.90. The van der Waals surface area contributed by atoms with E-state index in [0.29, 0.717) is 0 Å². The fourth-order valence-electron chi connectivity index (χ4n) is 1.42. The largest absolute Gasteiger partial charge is 0.464 e. The summed E-state index contributed by atoms with van der Waals surface area (Å²) < 4.78 is 5.28. The Kier molecular flexibility index (Phi) is 1.62. The second-order valence-corrected chi connectivity index (χ2v) is 3.34. The summed E-state index contributed by atoms with van der Waals surface area (Å²) in [5, 5.41) is 1.94. The lowest BCUT2D eigenvalue weighted by Gasteiger charge is -2.02. The highest BCUT2D eigenvalue weighted by Crippen LogP contribution is 2.29. The zero-order valence-electron chi connectivity index (χ0n) is 7.02. The highest BCUT2D eigenvalue weighted by Gasteiger charge is 2.06. The van der Waals surface area contributed by atoms with Crippen LogP contribution in [0, 0.1) is 13.8 Å². The molecule has 2 aromatic rings. The fourth-order valence-corrected chi connectivity index (χ4v) is 1.57. The Balaban J connectivity index is 2.94. The van der Waals surface area contributed by atoms with Crippen LogP contribution in [0.2, 0.25) is 5.02 Å². The zero-order valence-corrected chi connectivity index (χ0v) is 7.77. The van der Waals surface area contributed by atoms with Gasteiger partial charge in [-0.15, -0.1) is 0 Å². The van der Waals surface area contributed by atoms with Gasteiger partial charge in [0.1, 0.15) is 5.58 Å². The summed E-state index contributed by atoms with van der Waals surface area (Å²) >= 11 is 6.07. The quantitative estimate of drug-likeness (QED) is 0.603. The van der Waals surface area contributed by atoms with E-state index in [0.717, 1.165) is 27.1 Å². The summed E-state index contributed by atoms with van der Waals surface area (Å²) in [7, 11) is 0. The molecule has 1 aromatic carbocycles. The summed E-state index contributed by atoms with van der Waals surface area (Å²) in [4.78, 5) is 0. The Morgan fingerprint density at radius 2 is 2.08 bits per heavy atom. The highest BCUT2D eigenvalue weighted by molar-refractivity contribution is 6.33. The number of hydrogen-bond donors (Lipinski definition) is 0. The van der Waals surface area contributed by atoms with E-state index >= 15 is 0 Å². The van der Waals surface area contributed by atoms with E-state index in [9.17, 15) is 0 Å². The normalized spacial score (nSPS) is 10.9. The summed E-state index contributed by atoms with van der Waals surface area (Å²) in [6.07, 6.45) is 1.69. The lowest BCUT2D eigenvalue weighted by Crippen LogP contribution is -1.81. The van der Waals surface area contributed by atoms with Gasteiger partial charge in [-0.05, 0) is 37.1 Å². The van der Waals surface area contributed by atoms with Gasteiger partial charge in [-0.25, -0.2) is 0 Å². The van der Waals surface area contributed by atoms with Gasteiger partial charge in [0, 0.05) is 10.4 Å². The van der Waals surface area contributed by atoms with Crippen molar-refractivity contribution in [2.24, 2.45) is 0 Å². The molecule has 62 valence electrons. The van der Waals surface area contributed by atoms with E-state index < -0.39 is 0 Å². The van der Waals surface area contributed by atoms with Gasteiger partial charge in [-0.1, -0.05) is 11.6 Å². The van der Waals surface area contributed by atoms with Crippen molar-refractivity contribution in [3.8, 4) is 0 Å². The third-order valence-electron chi connectivity index (χ3n) is 2.12. The molecule has 0 N–H and O–H groups in total. The third kappa shape index (κ3) is 0.935. The van der Waals surface area contributed by atoms with Crippen LogP contribution in [0.25, 0.3) is 11.0 Å². The fraction of sp³-hybridized carbons (Fsp3) is 0.200. The Hall–Kier alpha value is -0.950. The summed E-state index contributed by atoms with van der Waals surface area (Å²) in [5.74, 6) is 0. The monoisotopic (exact) mass is 180 g/mol. The Morgan fingerprint density at radius 3 is 2.83 bits per heavy atom. The van der Waals surface area contributed by atoms with Crippen LogP contribution in [0.3, 0.4) is 0 Å². The van der Waals surface area contributed by atoms with Gasteiger partial charge in [-0.2, -0.15) is 0 Å². The first-order chi connectivity index (χ1) is 5.70. The molecule has 0 aliphatic carbocycles. The molecule has 0 saturated heterocycles. The van der Waals surface area contributed by atoms with E-state index in [-0.39, 0.29) is 0 Å². The smallest absolute Gasteiger partial charge is 0.134 e. The zero-order chi connectivity index (χ0) is 8.72. The van der Waals surface area contributed by atoms with Crippen LogP contribution in [0.15, 0.2) is 22.8 Å². The molecule has 1 heterocycles. The molecule has 0 atom stereocenters. The van der Waals surface area contributed by atoms with Gasteiger partial charge >= 0.3 is 0 Å². The van der Waals surface area contributed by atoms with Crippen molar-refractivity contribution >= 4 is 22.6 Å². The van der Waals surface area contributed by atoms with Gasteiger partial charge in [0.25, 0.3) is 0 Å². The standard InChI is InChI=1S/C10H9ClO/c1-6-5-9-8(3-4-12-9)7(2)10(6)11/h3-5H,1-2H3. The van der Waals surface area contributed by atoms with Gasteiger partial charge in [0.15, 0.2) is 0 Å².